The molecule has 0 aliphatic heterocycles. The second-order valence-electron chi connectivity index (χ2n) is 6.21. The number of benzene rings is 1. The summed E-state index contributed by atoms with van der Waals surface area (Å²) in [5.41, 5.74) is 1.32. The average Bonchev–Trinajstić information content (AvgIpc) is 2.52. The summed E-state index contributed by atoms with van der Waals surface area (Å²) >= 11 is 0. The van der Waals surface area contributed by atoms with Gasteiger partial charge in [-0.1, -0.05) is 32.9 Å². The van der Waals surface area contributed by atoms with Crippen LogP contribution in [0.4, 0.5) is 0 Å². The van der Waals surface area contributed by atoms with E-state index in [2.05, 4.69) is 30.5 Å². The minimum atomic E-state index is -3.53. The lowest BCUT2D eigenvalue weighted by Crippen LogP contribution is -2.28. The molecule has 0 saturated heterocycles. The van der Waals surface area contributed by atoms with E-state index in [1.807, 2.05) is 24.3 Å². The Hall–Kier alpha value is -1.92. The quantitative estimate of drug-likeness (QED) is 0.825. The third-order valence-corrected chi connectivity index (χ3v) is 4.77. The van der Waals surface area contributed by atoms with Crippen LogP contribution in [-0.2, 0) is 15.4 Å². The Morgan fingerprint density at radius 3 is 2.39 bits per heavy atom. The van der Waals surface area contributed by atoms with Crippen LogP contribution in [0.15, 0.2) is 53.7 Å². The van der Waals surface area contributed by atoms with Crippen molar-refractivity contribution in [3.05, 3.63) is 54.4 Å². The largest absolute Gasteiger partial charge is 0.492 e. The number of nitrogens with zero attached hydrogens (tertiary/aromatic N) is 1. The highest BCUT2D eigenvalue weighted by atomic mass is 32.2. The number of hydrogen-bond donors (Lipinski definition) is 1. The third kappa shape index (κ3) is 5.04. The van der Waals surface area contributed by atoms with Gasteiger partial charge in [0.05, 0.1) is 0 Å². The van der Waals surface area contributed by atoms with Gasteiger partial charge < -0.3 is 4.74 Å². The van der Waals surface area contributed by atoms with Crippen molar-refractivity contribution in [3.8, 4) is 5.75 Å². The number of sulfonamides is 1. The summed E-state index contributed by atoms with van der Waals surface area (Å²) in [6, 6.07) is 10.9. The van der Waals surface area contributed by atoms with E-state index in [1.54, 1.807) is 6.07 Å². The van der Waals surface area contributed by atoms with E-state index in [0.717, 1.165) is 5.75 Å². The van der Waals surface area contributed by atoms with Crippen molar-refractivity contribution in [1.29, 1.82) is 0 Å². The molecule has 0 aliphatic carbocycles. The molecule has 0 saturated carbocycles. The number of pyridine rings is 1. The van der Waals surface area contributed by atoms with Gasteiger partial charge in [-0.25, -0.2) is 13.1 Å². The van der Waals surface area contributed by atoms with Crippen LogP contribution in [0, 0.1) is 0 Å². The molecular weight excluding hydrogens is 312 g/mol. The summed E-state index contributed by atoms with van der Waals surface area (Å²) in [7, 11) is -3.53. The molecule has 0 radical (unpaired) electrons. The van der Waals surface area contributed by atoms with Gasteiger partial charge in [-0.2, -0.15) is 0 Å². The molecule has 23 heavy (non-hydrogen) atoms. The topological polar surface area (TPSA) is 68.3 Å². The van der Waals surface area contributed by atoms with E-state index < -0.39 is 10.0 Å². The van der Waals surface area contributed by atoms with Gasteiger partial charge >= 0.3 is 0 Å². The summed E-state index contributed by atoms with van der Waals surface area (Å²) in [6.07, 6.45) is 2.85. The smallest absolute Gasteiger partial charge is 0.242 e. The molecule has 0 unspecified atom stereocenters. The van der Waals surface area contributed by atoms with Crippen molar-refractivity contribution in [3.63, 3.8) is 0 Å². The van der Waals surface area contributed by atoms with E-state index in [1.165, 1.54) is 24.0 Å². The molecule has 2 rings (SSSR count). The highest BCUT2D eigenvalue weighted by Crippen LogP contribution is 2.24. The lowest BCUT2D eigenvalue weighted by Gasteiger charge is -2.19. The van der Waals surface area contributed by atoms with Gasteiger partial charge in [-0.05, 0) is 35.2 Å². The Balaban J connectivity index is 1.84. The molecule has 0 bridgehead atoms. The van der Waals surface area contributed by atoms with Gasteiger partial charge in [0.25, 0.3) is 0 Å². The molecule has 1 heterocycles. The summed E-state index contributed by atoms with van der Waals surface area (Å²) in [6.45, 7) is 6.90. The predicted octanol–water partition coefficient (Wildman–Crippen LogP) is 2.74. The number of nitrogens with one attached hydrogen (secondary N) is 1. The summed E-state index contributed by atoms with van der Waals surface area (Å²) in [5, 5.41) is 0. The Labute approximate surface area is 137 Å². The van der Waals surface area contributed by atoms with E-state index in [0.29, 0.717) is 0 Å². The second kappa shape index (κ2) is 7.10. The van der Waals surface area contributed by atoms with Crippen molar-refractivity contribution in [2.24, 2.45) is 0 Å². The predicted molar refractivity (Wildman–Crippen MR) is 90.1 cm³/mol. The Kier molecular flexibility index (Phi) is 5.38. The van der Waals surface area contributed by atoms with E-state index >= 15 is 0 Å². The molecule has 0 fully saturated rings. The molecule has 124 valence electrons. The van der Waals surface area contributed by atoms with E-state index in [4.69, 9.17) is 4.74 Å². The fourth-order valence-corrected chi connectivity index (χ4v) is 2.96. The Morgan fingerprint density at radius 2 is 1.83 bits per heavy atom. The Bertz CT molecular complexity index is 721. The van der Waals surface area contributed by atoms with Gasteiger partial charge in [0.1, 0.15) is 17.3 Å². The van der Waals surface area contributed by atoms with Crippen molar-refractivity contribution < 1.29 is 13.2 Å². The van der Waals surface area contributed by atoms with Crippen LogP contribution in [0.3, 0.4) is 0 Å². The fourth-order valence-electron chi connectivity index (χ4n) is 1.99. The first-order valence-electron chi connectivity index (χ1n) is 7.42. The van der Waals surface area contributed by atoms with Crippen LogP contribution in [0.1, 0.15) is 26.3 Å². The van der Waals surface area contributed by atoms with Crippen LogP contribution in [0.5, 0.6) is 5.75 Å². The number of ether oxygens (including phenoxy) is 1. The summed E-state index contributed by atoms with van der Waals surface area (Å²) < 4.78 is 32.0. The SMILES string of the molecule is CC(C)(C)c1ccc(OCCNS(=O)(=O)c2cccnc2)cc1. The second-order valence-corrected chi connectivity index (χ2v) is 7.98. The maximum atomic E-state index is 12.0. The van der Waals surface area contributed by atoms with Gasteiger partial charge in [0, 0.05) is 18.9 Å². The first kappa shape index (κ1) is 17.4. The van der Waals surface area contributed by atoms with Crippen LogP contribution >= 0.6 is 0 Å². The number of hydrogen-bond acceptors (Lipinski definition) is 4. The molecule has 5 nitrogen and oxygen atoms in total. The van der Waals surface area contributed by atoms with Crippen LogP contribution in [0.25, 0.3) is 0 Å². The van der Waals surface area contributed by atoms with Crippen molar-refractivity contribution >= 4 is 10.0 Å². The molecule has 1 aromatic heterocycles. The third-order valence-electron chi connectivity index (χ3n) is 3.33. The highest BCUT2D eigenvalue weighted by molar-refractivity contribution is 7.89. The molecule has 0 atom stereocenters. The van der Waals surface area contributed by atoms with Crippen molar-refractivity contribution in [2.45, 2.75) is 31.1 Å². The summed E-state index contributed by atoms with van der Waals surface area (Å²) in [4.78, 5) is 3.95. The fraction of sp³-hybridized carbons (Fsp3) is 0.353. The first-order chi connectivity index (χ1) is 10.8. The van der Waals surface area contributed by atoms with E-state index in [-0.39, 0.29) is 23.5 Å². The lowest BCUT2D eigenvalue weighted by molar-refractivity contribution is 0.322. The van der Waals surface area contributed by atoms with Gasteiger partial charge in [0.15, 0.2) is 0 Å². The van der Waals surface area contributed by atoms with Crippen molar-refractivity contribution in [2.75, 3.05) is 13.2 Å². The Morgan fingerprint density at radius 1 is 1.13 bits per heavy atom. The average molecular weight is 334 g/mol. The summed E-state index contributed by atoms with van der Waals surface area (Å²) in [5.74, 6) is 0.721. The van der Waals surface area contributed by atoms with E-state index in [9.17, 15) is 8.42 Å². The zero-order chi connectivity index (χ0) is 16.9. The standard InChI is InChI=1S/C17H22N2O3S/c1-17(2,3)14-6-8-15(9-7-14)22-12-11-19-23(20,21)16-5-4-10-18-13-16/h4-10,13,19H,11-12H2,1-3H3. The molecule has 6 heteroatoms. The molecule has 0 amide bonds. The maximum absolute atomic E-state index is 12.0. The van der Waals surface area contributed by atoms with Crippen LogP contribution in [-0.4, -0.2) is 26.6 Å². The minimum absolute atomic E-state index is 0.0951. The van der Waals surface area contributed by atoms with Gasteiger partial charge in [-0.15, -0.1) is 0 Å². The number of aromatic nitrogens is 1. The zero-order valence-electron chi connectivity index (χ0n) is 13.6. The minimum Gasteiger partial charge on any atom is -0.492 e. The van der Waals surface area contributed by atoms with Gasteiger partial charge in [-0.3, -0.25) is 4.98 Å². The lowest BCUT2D eigenvalue weighted by atomic mass is 9.87. The highest BCUT2D eigenvalue weighted by Gasteiger charge is 2.14. The number of rotatable bonds is 6. The molecule has 0 spiro atoms. The molecule has 0 aliphatic rings. The monoisotopic (exact) mass is 334 g/mol. The van der Waals surface area contributed by atoms with Crippen molar-refractivity contribution in [1.82, 2.24) is 9.71 Å². The maximum Gasteiger partial charge on any atom is 0.242 e. The molecule has 2 aromatic rings. The van der Waals surface area contributed by atoms with Crippen LogP contribution in [0.2, 0.25) is 0 Å². The zero-order valence-corrected chi connectivity index (χ0v) is 14.4. The van der Waals surface area contributed by atoms with Gasteiger partial charge in [0.2, 0.25) is 10.0 Å². The van der Waals surface area contributed by atoms with Crippen LogP contribution < -0.4 is 9.46 Å². The molecular formula is C17H22N2O3S. The normalized spacial score (nSPS) is 12.1. The molecule has 1 N–H and O–H groups in total. The molecule has 1 aromatic carbocycles. The first-order valence-corrected chi connectivity index (χ1v) is 8.90.